The van der Waals surface area contributed by atoms with Crippen LogP contribution in [-0.2, 0) is 32.6 Å². The van der Waals surface area contributed by atoms with Crippen molar-refractivity contribution >= 4 is 27.5 Å². The van der Waals surface area contributed by atoms with E-state index in [1.54, 1.807) is 38.1 Å². The number of anilines is 1. The highest BCUT2D eigenvalue weighted by atomic mass is 32.2. The predicted octanol–water partition coefficient (Wildman–Crippen LogP) is 3.77. The number of carbonyl (C=O) groups is 2. The minimum absolute atomic E-state index is 0.150. The van der Waals surface area contributed by atoms with E-state index in [4.69, 9.17) is 4.74 Å². The number of ether oxygens (including phenoxy) is 1. The molecule has 0 aliphatic heterocycles. The van der Waals surface area contributed by atoms with Gasteiger partial charge >= 0.3 is 0 Å². The second-order valence-corrected chi connectivity index (χ2v) is 11.4. The largest absolute Gasteiger partial charge is 0.497 e. The molecule has 208 valence electrons. The van der Waals surface area contributed by atoms with Gasteiger partial charge in [0.05, 0.1) is 19.1 Å². The number of carbonyl (C=O) groups excluding carboxylic acids is 2. The number of methoxy groups -OCH3 is 1. The van der Waals surface area contributed by atoms with Crippen molar-refractivity contribution in [2.75, 3.05) is 24.2 Å². The standard InChI is InChI=1S/C29H34FN3O5S/c1-21(2)31-29(35)27(17-22-11-6-5-7-12-22)32(19-23-13-8-9-16-26(23)30)28(34)20-33(39(4,36)37)24-14-10-15-25(18-24)38-3/h5-16,18,21,27H,17,19-20H2,1-4H3,(H,31,35)/t27-/m1/s1. The van der Waals surface area contributed by atoms with E-state index in [2.05, 4.69) is 5.32 Å². The minimum Gasteiger partial charge on any atom is -0.497 e. The van der Waals surface area contributed by atoms with Crippen LogP contribution in [0.25, 0.3) is 0 Å². The van der Waals surface area contributed by atoms with Gasteiger partial charge in [-0.1, -0.05) is 54.6 Å². The molecule has 0 spiro atoms. The fourth-order valence-electron chi connectivity index (χ4n) is 4.12. The number of amides is 2. The normalized spacial score (nSPS) is 12.1. The third-order valence-electron chi connectivity index (χ3n) is 6.02. The Kier molecular flexibility index (Phi) is 10.1. The lowest BCUT2D eigenvalue weighted by atomic mass is 10.0. The highest BCUT2D eigenvalue weighted by molar-refractivity contribution is 7.92. The molecule has 0 radical (unpaired) electrons. The van der Waals surface area contributed by atoms with E-state index < -0.39 is 40.2 Å². The molecule has 3 rings (SSSR count). The van der Waals surface area contributed by atoms with Crippen LogP contribution in [0.1, 0.15) is 25.0 Å². The topological polar surface area (TPSA) is 96.0 Å². The molecule has 39 heavy (non-hydrogen) atoms. The molecule has 8 nitrogen and oxygen atoms in total. The smallest absolute Gasteiger partial charge is 0.244 e. The van der Waals surface area contributed by atoms with Gasteiger partial charge in [0.25, 0.3) is 0 Å². The van der Waals surface area contributed by atoms with Gasteiger partial charge in [-0.05, 0) is 37.6 Å². The summed E-state index contributed by atoms with van der Waals surface area (Å²) in [6.45, 7) is 2.77. The van der Waals surface area contributed by atoms with E-state index in [1.807, 2.05) is 30.3 Å². The summed E-state index contributed by atoms with van der Waals surface area (Å²) in [4.78, 5) is 28.7. The second-order valence-electron chi connectivity index (χ2n) is 9.45. The third-order valence-corrected chi connectivity index (χ3v) is 7.16. The Labute approximate surface area is 229 Å². The molecule has 1 N–H and O–H groups in total. The molecule has 2 amide bonds. The Morgan fingerprint density at radius 3 is 2.26 bits per heavy atom. The van der Waals surface area contributed by atoms with E-state index >= 15 is 0 Å². The van der Waals surface area contributed by atoms with Gasteiger partial charge in [0, 0.05) is 30.6 Å². The molecule has 1 atom stereocenters. The number of nitrogens with one attached hydrogen (secondary N) is 1. The first-order chi connectivity index (χ1) is 18.5. The summed E-state index contributed by atoms with van der Waals surface area (Å²) >= 11 is 0. The zero-order valence-corrected chi connectivity index (χ0v) is 23.3. The average molecular weight is 556 g/mol. The number of nitrogens with zero attached hydrogens (tertiary/aromatic N) is 2. The summed E-state index contributed by atoms with van der Waals surface area (Å²) in [7, 11) is -2.47. The van der Waals surface area contributed by atoms with Crippen LogP contribution in [0.5, 0.6) is 5.75 Å². The minimum atomic E-state index is -3.92. The average Bonchev–Trinajstić information content (AvgIpc) is 2.89. The first-order valence-corrected chi connectivity index (χ1v) is 14.3. The SMILES string of the molecule is COc1cccc(N(CC(=O)N(Cc2ccccc2F)[C@H](Cc2ccccc2)C(=O)NC(C)C)S(C)(=O)=O)c1. The maximum atomic E-state index is 14.8. The van der Waals surface area contributed by atoms with Crippen LogP contribution in [0.2, 0.25) is 0 Å². The summed E-state index contributed by atoms with van der Waals surface area (Å²) in [5.74, 6) is -1.21. The van der Waals surface area contributed by atoms with Crippen molar-refractivity contribution in [1.82, 2.24) is 10.2 Å². The summed E-state index contributed by atoms with van der Waals surface area (Å²) in [6.07, 6.45) is 1.14. The molecule has 0 saturated carbocycles. The van der Waals surface area contributed by atoms with Crippen LogP contribution in [0, 0.1) is 5.82 Å². The zero-order chi connectivity index (χ0) is 28.6. The first-order valence-electron chi connectivity index (χ1n) is 12.5. The molecule has 0 unspecified atom stereocenters. The van der Waals surface area contributed by atoms with Gasteiger partial charge in [-0.3, -0.25) is 13.9 Å². The van der Waals surface area contributed by atoms with Crippen LogP contribution in [0.15, 0.2) is 78.9 Å². The zero-order valence-electron chi connectivity index (χ0n) is 22.5. The first kappa shape index (κ1) is 29.6. The summed E-state index contributed by atoms with van der Waals surface area (Å²) in [6, 6.07) is 20.2. The fourth-order valence-corrected chi connectivity index (χ4v) is 4.97. The number of benzene rings is 3. The van der Waals surface area contributed by atoms with Crippen molar-refractivity contribution in [3.05, 3.63) is 95.8 Å². The molecule has 10 heteroatoms. The quantitative estimate of drug-likeness (QED) is 0.367. The molecule has 3 aromatic carbocycles. The molecule has 0 aromatic heterocycles. The van der Waals surface area contributed by atoms with Crippen molar-refractivity contribution in [2.24, 2.45) is 0 Å². The van der Waals surface area contributed by atoms with Crippen molar-refractivity contribution in [2.45, 2.75) is 38.9 Å². The Morgan fingerprint density at radius 2 is 1.64 bits per heavy atom. The van der Waals surface area contributed by atoms with Gasteiger partial charge in [0.15, 0.2) is 0 Å². The predicted molar refractivity (Wildman–Crippen MR) is 149 cm³/mol. The van der Waals surface area contributed by atoms with Crippen LogP contribution in [-0.4, -0.2) is 57.1 Å². The molecular weight excluding hydrogens is 521 g/mol. The van der Waals surface area contributed by atoms with Gasteiger partial charge in [-0.15, -0.1) is 0 Å². The molecule has 0 aliphatic carbocycles. The monoisotopic (exact) mass is 555 g/mol. The molecule has 0 bridgehead atoms. The lowest BCUT2D eigenvalue weighted by molar-refractivity contribution is -0.140. The molecule has 0 heterocycles. The van der Waals surface area contributed by atoms with Gasteiger partial charge < -0.3 is 15.0 Å². The summed E-state index contributed by atoms with van der Waals surface area (Å²) < 4.78 is 46.6. The van der Waals surface area contributed by atoms with Crippen molar-refractivity contribution in [1.29, 1.82) is 0 Å². The van der Waals surface area contributed by atoms with Crippen molar-refractivity contribution < 1.29 is 27.1 Å². The third kappa shape index (κ3) is 8.28. The summed E-state index contributed by atoms with van der Waals surface area (Å²) in [5.41, 5.74) is 1.22. The highest BCUT2D eigenvalue weighted by Gasteiger charge is 2.33. The van der Waals surface area contributed by atoms with Gasteiger partial charge in [0.1, 0.15) is 24.2 Å². The van der Waals surface area contributed by atoms with E-state index in [-0.39, 0.29) is 30.3 Å². The summed E-state index contributed by atoms with van der Waals surface area (Å²) in [5, 5.41) is 2.85. The van der Waals surface area contributed by atoms with Gasteiger partial charge in [-0.2, -0.15) is 0 Å². The number of hydrogen-bond donors (Lipinski definition) is 1. The Morgan fingerprint density at radius 1 is 0.974 bits per heavy atom. The highest BCUT2D eigenvalue weighted by Crippen LogP contribution is 2.24. The van der Waals surface area contributed by atoms with Crippen LogP contribution in [0.4, 0.5) is 10.1 Å². The molecular formula is C29H34FN3O5S. The van der Waals surface area contributed by atoms with Crippen LogP contribution >= 0.6 is 0 Å². The van der Waals surface area contributed by atoms with E-state index in [0.29, 0.717) is 5.75 Å². The molecule has 0 aliphatic rings. The lowest BCUT2D eigenvalue weighted by Gasteiger charge is -2.34. The maximum Gasteiger partial charge on any atom is 0.244 e. The molecule has 0 fully saturated rings. The number of hydrogen-bond acceptors (Lipinski definition) is 5. The maximum absolute atomic E-state index is 14.8. The van der Waals surface area contributed by atoms with Crippen LogP contribution < -0.4 is 14.4 Å². The Hall–Kier alpha value is -3.92. The lowest BCUT2D eigenvalue weighted by Crippen LogP contribution is -2.54. The molecule has 0 saturated heterocycles. The van der Waals surface area contributed by atoms with E-state index in [1.165, 1.54) is 36.3 Å². The van der Waals surface area contributed by atoms with E-state index in [9.17, 15) is 22.4 Å². The van der Waals surface area contributed by atoms with E-state index in [0.717, 1.165) is 16.1 Å². The Bertz CT molecular complexity index is 1380. The fraction of sp³-hybridized carbons (Fsp3) is 0.310. The van der Waals surface area contributed by atoms with Crippen molar-refractivity contribution in [3.8, 4) is 5.75 Å². The number of sulfonamides is 1. The van der Waals surface area contributed by atoms with Crippen LogP contribution in [0.3, 0.4) is 0 Å². The Balaban J connectivity index is 2.07. The van der Waals surface area contributed by atoms with Crippen molar-refractivity contribution in [3.63, 3.8) is 0 Å². The number of rotatable bonds is 12. The number of halogens is 1. The molecule has 3 aromatic rings. The second kappa shape index (κ2) is 13.2. The van der Waals surface area contributed by atoms with Gasteiger partial charge in [-0.25, -0.2) is 12.8 Å². The van der Waals surface area contributed by atoms with Gasteiger partial charge in [0.2, 0.25) is 21.8 Å².